The van der Waals surface area contributed by atoms with Crippen LogP contribution in [0.2, 0.25) is 0 Å². The zero-order valence-electron chi connectivity index (χ0n) is 16.4. The average Bonchev–Trinajstić information content (AvgIpc) is 3.33. The standard InChI is InChI=1S/C24H30O4/c25-21(17-4-2-1-3-5-17)13-12-20-19(22-14-15-23(20)28-22)11-8-16-6-9-18(10-7-16)24(26)27/h6-7,9-10,12-13,17,19-20,22-23H,1-5,8,11,14-15H2,(H,26,27)/b13-12+/t19-,20+,22-,23+/m0/s1. The number of carbonyl (C=O) groups is 2. The van der Waals surface area contributed by atoms with Crippen LogP contribution in [0.5, 0.6) is 0 Å². The van der Waals surface area contributed by atoms with E-state index in [4.69, 9.17) is 9.84 Å². The van der Waals surface area contributed by atoms with Gasteiger partial charge in [0.2, 0.25) is 0 Å². The van der Waals surface area contributed by atoms with Crippen molar-refractivity contribution in [3.8, 4) is 0 Å². The van der Waals surface area contributed by atoms with Gasteiger partial charge in [-0.05, 0) is 68.2 Å². The summed E-state index contributed by atoms with van der Waals surface area (Å²) in [6.45, 7) is 0. The SMILES string of the molecule is O=C(O)c1ccc(CC[C@H]2[C@@H](/C=C/C(=O)C3CCCCC3)[C@H]3CC[C@@H]2O3)cc1. The van der Waals surface area contributed by atoms with Gasteiger partial charge in [-0.3, -0.25) is 4.79 Å². The van der Waals surface area contributed by atoms with E-state index in [0.717, 1.165) is 44.1 Å². The quantitative estimate of drug-likeness (QED) is 0.687. The van der Waals surface area contributed by atoms with Gasteiger partial charge in [-0.2, -0.15) is 0 Å². The number of hydrogen-bond donors (Lipinski definition) is 1. The molecule has 2 bridgehead atoms. The minimum absolute atomic E-state index is 0.232. The number of aromatic carboxylic acids is 1. The second-order valence-corrected chi connectivity index (χ2v) is 8.67. The van der Waals surface area contributed by atoms with Crippen molar-refractivity contribution in [1.29, 1.82) is 0 Å². The Balaban J connectivity index is 1.37. The lowest BCUT2D eigenvalue weighted by molar-refractivity contribution is -0.119. The minimum atomic E-state index is -0.888. The van der Waals surface area contributed by atoms with Crippen LogP contribution in [0.3, 0.4) is 0 Å². The predicted octanol–water partition coefficient (Wildman–Crippen LogP) is 4.82. The number of benzene rings is 1. The van der Waals surface area contributed by atoms with Gasteiger partial charge in [-0.15, -0.1) is 0 Å². The maximum absolute atomic E-state index is 12.6. The Labute approximate surface area is 167 Å². The van der Waals surface area contributed by atoms with Gasteiger partial charge in [0, 0.05) is 11.8 Å². The zero-order chi connectivity index (χ0) is 19.5. The molecular formula is C24H30O4. The summed E-state index contributed by atoms with van der Waals surface area (Å²) in [5, 5.41) is 9.03. The topological polar surface area (TPSA) is 63.6 Å². The monoisotopic (exact) mass is 382 g/mol. The van der Waals surface area contributed by atoms with Crippen LogP contribution >= 0.6 is 0 Å². The molecule has 1 aromatic carbocycles. The molecule has 1 saturated carbocycles. The van der Waals surface area contributed by atoms with Crippen LogP contribution in [-0.2, 0) is 16.0 Å². The fraction of sp³-hybridized carbons (Fsp3) is 0.583. The number of carbonyl (C=O) groups excluding carboxylic acids is 1. The highest BCUT2D eigenvalue weighted by molar-refractivity contribution is 5.91. The van der Waals surface area contributed by atoms with E-state index < -0.39 is 5.97 Å². The van der Waals surface area contributed by atoms with Crippen molar-refractivity contribution in [2.45, 2.75) is 70.0 Å². The van der Waals surface area contributed by atoms with Gasteiger partial charge in [0.1, 0.15) is 0 Å². The third-order valence-electron chi connectivity index (χ3n) is 6.94. The number of carboxylic acid groups (broad SMARTS) is 1. The van der Waals surface area contributed by atoms with Crippen molar-refractivity contribution in [2.24, 2.45) is 17.8 Å². The number of carboxylic acids is 1. The Morgan fingerprint density at radius 1 is 1.00 bits per heavy atom. The minimum Gasteiger partial charge on any atom is -0.478 e. The van der Waals surface area contributed by atoms with Gasteiger partial charge >= 0.3 is 5.97 Å². The molecule has 0 aromatic heterocycles. The van der Waals surface area contributed by atoms with Gasteiger partial charge in [0.05, 0.1) is 17.8 Å². The molecule has 1 aliphatic carbocycles. The molecule has 4 atom stereocenters. The van der Waals surface area contributed by atoms with Crippen LogP contribution in [0.4, 0.5) is 0 Å². The van der Waals surface area contributed by atoms with Crippen LogP contribution in [0.1, 0.15) is 67.3 Å². The molecule has 4 nitrogen and oxygen atoms in total. The van der Waals surface area contributed by atoms with Gasteiger partial charge in [0.15, 0.2) is 5.78 Å². The molecule has 1 aromatic rings. The zero-order valence-corrected chi connectivity index (χ0v) is 16.4. The molecule has 150 valence electrons. The number of ether oxygens (including phenoxy) is 1. The Bertz CT molecular complexity index is 729. The molecule has 0 unspecified atom stereocenters. The molecule has 0 spiro atoms. The summed E-state index contributed by atoms with van der Waals surface area (Å²) in [4.78, 5) is 23.6. The predicted molar refractivity (Wildman–Crippen MR) is 107 cm³/mol. The fourth-order valence-corrected chi connectivity index (χ4v) is 5.33. The molecular weight excluding hydrogens is 352 g/mol. The van der Waals surface area contributed by atoms with E-state index in [0.29, 0.717) is 29.3 Å². The largest absolute Gasteiger partial charge is 0.478 e. The van der Waals surface area contributed by atoms with Crippen molar-refractivity contribution >= 4 is 11.8 Å². The van der Waals surface area contributed by atoms with E-state index in [1.54, 1.807) is 12.1 Å². The summed E-state index contributed by atoms with van der Waals surface area (Å²) >= 11 is 0. The number of fused-ring (bicyclic) bond motifs is 2. The third kappa shape index (κ3) is 4.22. The number of rotatable bonds is 7. The number of hydrogen-bond acceptors (Lipinski definition) is 3. The second-order valence-electron chi connectivity index (χ2n) is 8.67. The summed E-state index contributed by atoms with van der Waals surface area (Å²) in [6, 6.07) is 7.17. The van der Waals surface area contributed by atoms with E-state index >= 15 is 0 Å². The van der Waals surface area contributed by atoms with Crippen molar-refractivity contribution in [3.05, 3.63) is 47.5 Å². The molecule has 3 aliphatic rings. The van der Waals surface area contributed by atoms with E-state index in [-0.39, 0.29) is 12.0 Å². The van der Waals surface area contributed by atoms with E-state index in [2.05, 4.69) is 6.08 Å². The molecule has 2 heterocycles. The number of allylic oxidation sites excluding steroid dienone is 1. The maximum Gasteiger partial charge on any atom is 0.335 e. The Kier molecular flexibility index (Phi) is 5.96. The molecule has 2 saturated heterocycles. The van der Waals surface area contributed by atoms with Crippen LogP contribution in [0, 0.1) is 17.8 Å². The van der Waals surface area contributed by atoms with Gasteiger partial charge in [-0.25, -0.2) is 4.79 Å². The molecule has 1 N–H and O–H groups in total. The molecule has 0 radical (unpaired) electrons. The van der Waals surface area contributed by atoms with Gasteiger partial charge < -0.3 is 9.84 Å². The van der Waals surface area contributed by atoms with Crippen molar-refractivity contribution in [3.63, 3.8) is 0 Å². The van der Waals surface area contributed by atoms with E-state index in [9.17, 15) is 9.59 Å². The molecule has 4 heteroatoms. The first kappa shape index (κ1) is 19.4. The second kappa shape index (κ2) is 8.60. The van der Waals surface area contributed by atoms with Crippen LogP contribution < -0.4 is 0 Å². The first-order valence-corrected chi connectivity index (χ1v) is 10.8. The van der Waals surface area contributed by atoms with Crippen LogP contribution in [0.15, 0.2) is 36.4 Å². The lowest BCUT2D eigenvalue weighted by Gasteiger charge is -2.26. The number of aryl methyl sites for hydroxylation is 1. The summed E-state index contributed by atoms with van der Waals surface area (Å²) in [7, 11) is 0. The molecule has 0 amide bonds. The highest BCUT2D eigenvalue weighted by Gasteiger charge is 2.47. The summed E-state index contributed by atoms with van der Waals surface area (Å²) < 4.78 is 6.17. The Morgan fingerprint density at radius 3 is 2.43 bits per heavy atom. The summed E-state index contributed by atoms with van der Waals surface area (Å²) in [5.74, 6) is 0.444. The van der Waals surface area contributed by atoms with E-state index in [1.807, 2.05) is 18.2 Å². The maximum atomic E-state index is 12.6. The number of ketones is 1. The molecule has 2 aliphatic heterocycles. The van der Waals surface area contributed by atoms with Crippen molar-refractivity contribution in [1.82, 2.24) is 0 Å². The van der Waals surface area contributed by atoms with Crippen molar-refractivity contribution < 1.29 is 19.4 Å². The Morgan fingerprint density at radius 2 is 1.71 bits per heavy atom. The molecule has 28 heavy (non-hydrogen) atoms. The van der Waals surface area contributed by atoms with Gasteiger partial charge in [-0.1, -0.05) is 37.5 Å². The fourth-order valence-electron chi connectivity index (χ4n) is 5.33. The first-order valence-electron chi connectivity index (χ1n) is 10.8. The first-order chi connectivity index (χ1) is 13.6. The van der Waals surface area contributed by atoms with Crippen molar-refractivity contribution in [2.75, 3.05) is 0 Å². The van der Waals surface area contributed by atoms with Gasteiger partial charge in [0.25, 0.3) is 0 Å². The van der Waals surface area contributed by atoms with Crippen LogP contribution in [-0.4, -0.2) is 29.1 Å². The normalized spacial score (nSPS) is 30.1. The van der Waals surface area contributed by atoms with Crippen LogP contribution in [0.25, 0.3) is 0 Å². The third-order valence-corrected chi connectivity index (χ3v) is 6.94. The molecule has 4 rings (SSSR count). The average molecular weight is 383 g/mol. The summed E-state index contributed by atoms with van der Waals surface area (Å²) in [6.07, 6.45) is 14.5. The lowest BCUT2D eigenvalue weighted by Crippen LogP contribution is -2.26. The lowest BCUT2D eigenvalue weighted by atomic mass is 9.76. The smallest absolute Gasteiger partial charge is 0.335 e. The Hall–Kier alpha value is -1.94. The highest BCUT2D eigenvalue weighted by Crippen LogP contribution is 2.46. The summed E-state index contributed by atoms with van der Waals surface area (Å²) in [5.41, 5.74) is 1.49. The highest BCUT2D eigenvalue weighted by atomic mass is 16.5. The van der Waals surface area contributed by atoms with E-state index in [1.165, 1.54) is 19.3 Å². The molecule has 3 fully saturated rings.